The van der Waals surface area contributed by atoms with E-state index in [-0.39, 0.29) is 23.7 Å². The first kappa shape index (κ1) is 20.7. The monoisotopic (exact) mass is 382 g/mol. The molecular formula is C19H30N2O4S. The summed E-state index contributed by atoms with van der Waals surface area (Å²) in [7, 11) is -3.62. The Hall–Kier alpha value is -1.60. The Morgan fingerprint density at radius 2 is 1.81 bits per heavy atom. The van der Waals surface area contributed by atoms with Crippen molar-refractivity contribution >= 4 is 21.6 Å². The highest BCUT2D eigenvalue weighted by Gasteiger charge is 2.32. The van der Waals surface area contributed by atoms with Gasteiger partial charge in [0.2, 0.25) is 15.9 Å². The minimum atomic E-state index is -3.62. The molecule has 0 heterocycles. The van der Waals surface area contributed by atoms with Crippen LogP contribution in [0.15, 0.2) is 24.3 Å². The molecule has 1 aliphatic carbocycles. The molecule has 1 saturated carbocycles. The lowest BCUT2D eigenvalue weighted by Gasteiger charge is -2.36. The number of aryl methyl sites for hydroxylation is 1. The van der Waals surface area contributed by atoms with Gasteiger partial charge in [0, 0.05) is 17.6 Å². The molecule has 0 radical (unpaired) electrons. The third-order valence-electron chi connectivity index (χ3n) is 5.13. The molecule has 0 spiro atoms. The Morgan fingerprint density at radius 1 is 1.19 bits per heavy atom. The number of nitrogens with one attached hydrogen (secondary N) is 2. The number of carbonyl (C=O) groups excluding carboxylic acids is 1. The van der Waals surface area contributed by atoms with E-state index in [1.165, 1.54) is 0 Å². The van der Waals surface area contributed by atoms with E-state index in [0.717, 1.165) is 37.7 Å². The van der Waals surface area contributed by atoms with E-state index in [9.17, 15) is 18.3 Å². The van der Waals surface area contributed by atoms with Crippen LogP contribution in [0.5, 0.6) is 0 Å². The molecule has 6 nitrogen and oxygen atoms in total. The molecule has 1 atom stereocenters. The van der Waals surface area contributed by atoms with Crippen molar-refractivity contribution in [1.29, 1.82) is 0 Å². The van der Waals surface area contributed by atoms with Crippen LogP contribution >= 0.6 is 0 Å². The predicted octanol–water partition coefficient (Wildman–Crippen LogP) is 2.43. The minimum Gasteiger partial charge on any atom is -0.396 e. The number of rotatable bonds is 8. The average Bonchev–Trinajstić information content (AvgIpc) is 2.61. The summed E-state index contributed by atoms with van der Waals surface area (Å²) in [5.41, 5.74) is 1.28. The number of amides is 1. The fourth-order valence-corrected chi connectivity index (χ4v) is 4.78. The maximum Gasteiger partial charge on any atom is 0.233 e. The molecule has 26 heavy (non-hydrogen) atoms. The van der Waals surface area contributed by atoms with Gasteiger partial charge < -0.3 is 10.4 Å². The molecule has 146 valence electrons. The smallest absolute Gasteiger partial charge is 0.233 e. The van der Waals surface area contributed by atoms with Gasteiger partial charge in [0.25, 0.3) is 0 Å². The molecule has 0 aliphatic heterocycles. The Bertz CT molecular complexity index is 695. The van der Waals surface area contributed by atoms with E-state index in [4.69, 9.17) is 0 Å². The summed E-state index contributed by atoms with van der Waals surface area (Å²) in [6.45, 7) is 3.99. The van der Waals surface area contributed by atoms with Crippen LogP contribution in [0.3, 0.4) is 0 Å². The maximum absolute atomic E-state index is 12.3. The van der Waals surface area contributed by atoms with E-state index in [2.05, 4.69) is 10.0 Å². The quantitative estimate of drug-likeness (QED) is 0.643. The number of anilines is 1. The fourth-order valence-electron chi connectivity index (χ4n) is 3.39. The zero-order valence-corrected chi connectivity index (χ0v) is 16.4. The summed E-state index contributed by atoms with van der Waals surface area (Å²) in [5, 5.41) is 12.6. The summed E-state index contributed by atoms with van der Waals surface area (Å²) in [4.78, 5) is 12.3. The highest BCUT2D eigenvalue weighted by atomic mass is 32.2. The summed E-state index contributed by atoms with van der Waals surface area (Å²) in [5.74, 6) is -1.24. The van der Waals surface area contributed by atoms with Crippen LogP contribution in [-0.2, 0) is 14.8 Å². The van der Waals surface area contributed by atoms with Crippen LogP contribution in [0.2, 0.25) is 0 Å². The summed E-state index contributed by atoms with van der Waals surface area (Å²) < 4.78 is 27.1. The van der Waals surface area contributed by atoms with Gasteiger partial charge in [-0.1, -0.05) is 43.9 Å². The molecule has 0 aromatic heterocycles. The first-order chi connectivity index (χ1) is 12.3. The van der Waals surface area contributed by atoms with E-state index in [0.29, 0.717) is 12.2 Å². The predicted molar refractivity (Wildman–Crippen MR) is 103 cm³/mol. The highest BCUT2D eigenvalue weighted by Crippen LogP contribution is 2.35. The lowest BCUT2D eigenvalue weighted by Crippen LogP contribution is -2.44. The van der Waals surface area contributed by atoms with Gasteiger partial charge in [-0.25, -0.2) is 8.42 Å². The van der Waals surface area contributed by atoms with Crippen LogP contribution in [0, 0.1) is 18.3 Å². The van der Waals surface area contributed by atoms with Crippen LogP contribution < -0.4 is 10.0 Å². The van der Waals surface area contributed by atoms with Crippen molar-refractivity contribution in [2.75, 3.05) is 23.6 Å². The molecule has 1 aliphatic rings. The molecule has 1 unspecified atom stereocenters. The maximum atomic E-state index is 12.3. The molecule has 3 N–H and O–H groups in total. The molecule has 1 aromatic carbocycles. The number of carbonyl (C=O) groups is 1. The number of sulfonamides is 1. The second kappa shape index (κ2) is 8.86. The van der Waals surface area contributed by atoms with Gasteiger partial charge in [0.15, 0.2) is 0 Å². The zero-order chi connectivity index (χ0) is 19.2. The Labute approximate surface area is 156 Å². The molecule has 1 aromatic rings. The van der Waals surface area contributed by atoms with Crippen LogP contribution in [-0.4, -0.2) is 38.3 Å². The SMILES string of the molecule is Cc1ccc(NS(=O)(=O)CC(C)C(=O)NCC2(CO)CCCCC2)cc1. The van der Waals surface area contributed by atoms with E-state index in [1.54, 1.807) is 19.1 Å². The van der Waals surface area contributed by atoms with Crippen molar-refractivity contribution in [2.45, 2.75) is 46.0 Å². The van der Waals surface area contributed by atoms with Gasteiger partial charge in [-0.15, -0.1) is 0 Å². The summed E-state index contributed by atoms with van der Waals surface area (Å²) >= 11 is 0. The molecule has 1 amide bonds. The van der Waals surface area contributed by atoms with Crippen LogP contribution in [0.25, 0.3) is 0 Å². The normalized spacial score (nSPS) is 18.1. The molecule has 2 rings (SSSR count). The first-order valence-electron chi connectivity index (χ1n) is 9.21. The van der Waals surface area contributed by atoms with Gasteiger partial charge in [-0.2, -0.15) is 0 Å². The van der Waals surface area contributed by atoms with Crippen molar-refractivity contribution < 1.29 is 18.3 Å². The van der Waals surface area contributed by atoms with E-state index >= 15 is 0 Å². The van der Waals surface area contributed by atoms with Crippen LogP contribution in [0.4, 0.5) is 5.69 Å². The Balaban J connectivity index is 1.87. The molecule has 0 saturated heterocycles. The number of hydrogen-bond donors (Lipinski definition) is 3. The Morgan fingerprint density at radius 3 is 2.38 bits per heavy atom. The number of benzene rings is 1. The van der Waals surface area contributed by atoms with E-state index in [1.807, 2.05) is 19.1 Å². The van der Waals surface area contributed by atoms with Gasteiger partial charge in [0.05, 0.1) is 18.3 Å². The number of aliphatic hydroxyl groups is 1. The second-order valence-electron chi connectivity index (χ2n) is 7.59. The topological polar surface area (TPSA) is 95.5 Å². The van der Waals surface area contributed by atoms with Gasteiger partial charge in [-0.3, -0.25) is 9.52 Å². The standard InChI is InChI=1S/C19H30N2O4S/c1-15-6-8-17(9-7-15)21-26(24,25)12-16(2)18(23)20-13-19(14-22)10-4-3-5-11-19/h6-9,16,21-22H,3-5,10-14H2,1-2H3,(H,20,23). The molecule has 0 bridgehead atoms. The fraction of sp³-hybridized carbons (Fsp3) is 0.632. The third-order valence-corrected chi connectivity index (χ3v) is 6.61. The Kier molecular flexibility index (Phi) is 7.06. The highest BCUT2D eigenvalue weighted by molar-refractivity contribution is 7.92. The van der Waals surface area contributed by atoms with Crippen molar-refractivity contribution in [2.24, 2.45) is 11.3 Å². The van der Waals surface area contributed by atoms with E-state index < -0.39 is 15.9 Å². The molecule has 7 heteroatoms. The van der Waals surface area contributed by atoms with Gasteiger partial charge >= 0.3 is 0 Å². The van der Waals surface area contributed by atoms with Gasteiger partial charge in [0.1, 0.15) is 0 Å². The molecular weight excluding hydrogens is 352 g/mol. The average molecular weight is 383 g/mol. The number of hydrogen-bond acceptors (Lipinski definition) is 4. The van der Waals surface area contributed by atoms with Crippen molar-refractivity contribution in [3.05, 3.63) is 29.8 Å². The van der Waals surface area contributed by atoms with Crippen molar-refractivity contribution in [3.8, 4) is 0 Å². The molecule has 1 fully saturated rings. The summed E-state index contributed by atoms with van der Waals surface area (Å²) in [6, 6.07) is 7.05. The second-order valence-corrected chi connectivity index (χ2v) is 9.35. The largest absolute Gasteiger partial charge is 0.396 e. The summed E-state index contributed by atoms with van der Waals surface area (Å²) in [6.07, 6.45) is 5.06. The van der Waals surface area contributed by atoms with Gasteiger partial charge in [-0.05, 0) is 31.9 Å². The van der Waals surface area contributed by atoms with Crippen molar-refractivity contribution in [3.63, 3.8) is 0 Å². The minimum absolute atomic E-state index is 0.0505. The number of aliphatic hydroxyl groups excluding tert-OH is 1. The third kappa shape index (κ3) is 5.99. The zero-order valence-electron chi connectivity index (χ0n) is 15.6. The van der Waals surface area contributed by atoms with Crippen LogP contribution in [0.1, 0.15) is 44.6 Å². The first-order valence-corrected chi connectivity index (χ1v) is 10.9. The van der Waals surface area contributed by atoms with Crippen molar-refractivity contribution in [1.82, 2.24) is 5.32 Å². The lowest BCUT2D eigenvalue weighted by atomic mass is 9.74. The lowest BCUT2D eigenvalue weighted by molar-refractivity contribution is -0.124.